The Morgan fingerprint density at radius 3 is 3.04 bits per heavy atom. The highest BCUT2D eigenvalue weighted by molar-refractivity contribution is 7.16. The van der Waals surface area contributed by atoms with Crippen molar-refractivity contribution in [2.45, 2.75) is 6.42 Å². The fourth-order valence-electron chi connectivity index (χ4n) is 2.65. The van der Waals surface area contributed by atoms with Crippen LogP contribution in [-0.4, -0.2) is 21.4 Å². The molecule has 0 bridgehead atoms. The number of halogens is 1. The van der Waals surface area contributed by atoms with Gasteiger partial charge in [0.2, 0.25) is 0 Å². The Labute approximate surface area is 158 Å². The number of nitrogens with zero attached hydrogens (tertiary/aromatic N) is 4. The average molecular weight is 378 g/mol. The zero-order valence-electron chi connectivity index (χ0n) is 13.5. The Bertz CT molecular complexity index is 1150. The minimum absolute atomic E-state index is 0.378. The summed E-state index contributed by atoms with van der Waals surface area (Å²) < 4.78 is 1.13. The van der Waals surface area contributed by atoms with Gasteiger partial charge < -0.3 is 0 Å². The molecule has 0 saturated carbocycles. The van der Waals surface area contributed by atoms with E-state index < -0.39 is 0 Å². The van der Waals surface area contributed by atoms with Crippen molar-refractivity contribution >= 4 is 45.2 Å². The van der Waals surface area contributed by atoms with Crippen molar-refractivity contribution in [3.8, 4) is 6.07 Å². The van der Waals surface area contributed by atoms with E-state index in [1.54, 1.807) is 17.6 Å². The van der Waals surface area contributed by atoms with E-state index in [1.165, 1.54) is 0 Å². The van der Waals surface area contributed by atoms with Crippen LogP contribution in [0.15, 0.2) is 53.0 Å². The van der Waals surface area contributed by atoms with Crippen molar-refractivity contribution in [3.05, 3.63) is 75.4 Å². The molecule has 1 N–H and O–H groups in total. The number of benzene rings is 2. The molecule has 0 aliphatic heterocycles. The molecule has 0 unspecified atom stereocenters. The van der Waals surface area contributed by atoms with Gasteiger partial charge in [-0.1, -0.05) is 29.8 Å². The summed E-state index contributed by atoms with van der Waals surface area (Å²) in [6.07, 6.45) is 2.23. The number of fused-ring (bicyclic) bond motifs is 1. The maximum absolute atomic E-state index is 9.51. The number of H-pyrrole nitrogens is 1. The maximum Gasteiger partial charge on any atom is 0.191 e. The summed E-state index contributed by atoms with van der Waals surface area (Å²) >= 11 is 7.62. The van der Waals surface area contributed by atoms with E-state index in [0.717, 1.165) is 27.0 Å². The highest BCUT2D eigenvalue weighted by Gasteiger charge is 2.12. The molecule has 4 rings (SSSR count). The van der Waals surface area contributed by atoms with Crippen molar-refractivity contribution in [1.29, 1.82) is 5.26 Å². The fraction of sp³-hybridized carbons (Fsp3) is 0.0526. The van der Waals surface area contributed by atoms with E-state index >= 15 is 0 Å². The number of rotatable bonds is 4. The molecule has 0 fully saturated rings. The lowest BCUT2D eigenvalue weighted by molar-refractivity contribution is 0.993. The Balaban J connectivity index is 1.60. The van der Waals surface area contributed by atoms with E-state index in [-0.39, 0.29) is 0 Å². The Morgan fingerprint density at radius 1 is 1.27 bits per heavy atom. The van der Waals surface area contributed by atoms with Crippen LogP contribution in [0.25, 0.3) is 10.2 Å². The summed E-state index contributed by atoms with van der Waals surface area (Å²) in [7, 11) is 0. The summed E-state index contributed by atoms with van der Waals surface area (Å²) in [5, 5.41) is 17.3. The third-order valence-corrected chi connectivity index (χ3v) is 4.94. The second kappa shape index (κ2) is 7.08. The number of nitriles is 1. The van der Waals surface area contributed by atoms with Crippen LogP contribution < -0.4 is 0 Å². The average Bonchev–Trinajstić information content (AvgIpc) is 3.26. The van der Waals surface area contributed by atoms with Gasteiger partial charge in [-0.15, -0.1) is 11.3 Å². The van der Waals surface area contributed by atoms with Crippen molar-refractivity contribution in [2.75, 3.05) is 0 Å². The molecule has 0 aliphatic carbocycles. The van der Waals surface area contributed by atoms with Crippen LogP contribution >= 0.6 is 22.9 Å². The van der Waals surface area contributed by atoms with E-state index in [4.69, 9.17) is 11.6 Å². The Hall–Kier alpha value is -3.01. The smallest absolute Gasteiger partial charge is 0.191 e. The lowest BCUT2D eigenvalue weighted by Gasteiger charge is -2.00. The molecule has 0 radical (unpaired) electrons. The van der Waals surface area contributed by atoms with E-state index in [0.29, 0.717) is 22.8 Å². The summed E-state index contributed by atoms with van der Waals surface area (Å²) in [4.78, 5) is 8.68. The third-order valence-electron chi connectivity index (χ3n) is 3.89. The Morgan fingerprint density at radius 2 is 2.19 bits per heavy atom. The molecule has 0 spiro atoms. The van der Waals surface area contributed by atoms with Crippen molar-refractivity contribution in [3.63, 3.8) is 0 Å². The van der Waals surface area contributed by atoms with E-state index in [1.807, 2.05) is 48.0 Å². The fourth-order valence-corrected chi connectivity index (χ4v) is 3.52. The van der Waals surface area contributed by atoms with Gasteiger partial charge in [0.25, 0.3) is 0 Å². The summed E-state index contributed by atoms with van der Waals surface area (Å²) in [6.45, 7) is 0. The normalized spacial score (nSPS) is 11.2. The largest absolute Gasteiger partial charge is 0.279 e. The van der Waals surface area contributed by atoms with Gasteiger partial charge in [0.1, 0.15) is 11.6 Å². The van der Waals surface area contributed by atoms with Crippen LogP contribution in [0.1, 0.15) is 22.4 Å². The topological polar surface area (TPSA) is 77.7 Å². The molecule has 26 heavy (non-hydrogen) atoms. The number of nitrogens with one attached hydrogen (secondary N) is 1. The molecule has 2 aromatic carbocycles. The predicted octanol–water partition coefficient (Wildman–Crippen LogP) is 4.89. The summed E-state index contributed by atoms with van der Waals surface area (Å²) in [5.41, 5.74) is 5.82. The summed E-state index contributed by atoms with van der Waals surface area (Å²) in [5.74, 6) is 0.378. The van der Waals surface area contributed by atoms with Crippen LogP contribution in [0.5, 0.6) is 0 Å². The quantitative estimate of drug-likeness (QED) is 0.514. The molecular formula is C19H12ClN5S. The molecule has 0 aliphatic rings. The third kappa shape index (κ3) is 3.36. The standard InChI is InChI=1S/C19H12ClN5S/c20-14-3-1-2-12(6-14)7-16-15(9-21)19(25-24-16)22-10-13-4-5-18-17(8-13)23-11-26-18/h1-6,8,10-11H,7H2,(H,24,25). The molecule has 2 heterocycles. The molecule has 0 saturated heterocycles. The predicted molar refractivity (Wildman–Crippen MR) is 104 cm³/mol. The minimum atomic E-state index is 0.378. The highest BCUT2D eigenvalue weighted by atomic mass is 35.5. The number of thiazole rings is 1. The number of aromatic nitrogens is 3. The van der Waals surface area contributed by atoms with Crippen LogP contribution in [0.2, 0.25) is 5.02 Å². The molecule has 0 atom stereocenters. The SMILES string of the molecule is N#Cc1c(N=Cc2ccc3scnc3c2)n[nH]c1Cc1cccc(Cl)c1. The van der Waals surface area contributed by atoms with Gasteiger partial charge in [-0.2, -0.15) is 10.4 Å². The number of hydrogen-bond acceptors (Lipinski definition) is 5. The lowest BCUT2D eigenvalue weighted by Crippen LogP contribution is -1.91. The van der Waals surface area contributed by atoms with Crippen molar-refractivity contribution < 1.29 is 0 Å². The maximum atomic E-state index is 9.51. The van der Waals surface area contributed by atoms with Gasteiger partial charge in [-0.25, -0.2) is 9.98 Å². The van der Waals surface area contributed by atoms with Gasteiger partial charge in [0.15, 0.2) is 5.82 Å². The second-order valence-electron chi connectivity index (χ2n) is 5.66. The molecule has 5 nitrogen and oxygen atoms in total. The minimum Gasteiger partial charge on any atom is -0.279 e. The number of hydrogen-bond donors (Lipinski definition) is 1. The van der Waals surface area contributed by atoms with Gasteiger partial charge in [-0.3, -0.25) is 5.10 Å². The van der Waals surface area contributed by atoms with E-state index in [2.05, 4.69) is 26.2 Å². The molecular weight excluding hydrogens is 366 g/mol. The van der Waals surface area contributed by atoms with Crippen LogP contribution in [0.3, 0.4) is 0 Å². The lowest BCUT2D eigenvalue weighted by atomic mass is 10.1. The second-order valence-corrected chi connectivity index (χ2v) is 6.98. The van der Waals surface area contributed by atoms with E-state index in [9.17, 15) is 5.26 Å². The molecule has 7 heteroatoms. The first kappa shape index (κ1) is 16.5. The van der Waals surface area contributed by atoms with Crippen molar-refractivity contribution in [1.82, 2.24) is 15.2 Å². The van der Waals surface area contributed by atoms with Crippen LogP contribution in [-0.2, 0) is 6.42 Å². The highest BCUT2D eigenvalue weighted by Crippen LogP contribution is 2.23. The number of aliphatic imine (C=N–C) groups is 1. The number of aromatic amines is 1. The van der Waals surface area contributed by atoms with Gasteiger partial charge in [0, 0.05) is 17.7 Å². The first-order chi connectivity index (χ1) is 12.7. The molecule has 4 aromatic rings. The van der Waals surface area contributed by atoms with Crippen LogP contribution in [0.4, 0.5) is 5.82 Å². The van der Waals surface area contributed by atoms with Gasteiger partial charge >= 0.3 is 0 Å². The first-order valence-corrected chi connectivity index (χ1v) is 9.08. The van der Waals surface area contributed by atoms with Crippen molar-refractivity contribution in [2.24, 2.45) is 4.99 Å². The molecule has 126 valence electrons. The Kier molecular flexibility index (Phi) is 4.48. The first-order valence-electron chi connectivity index (χ1n) is 7.82. The zero-order chi connectivity index (χ0) is 17.9. The molecule has 2 aromatic heterocycles. The van der Waals surface area contributed by atoms with Crippen LogP contribution in [0, 0.1) is 11.3 Å². The molecule has 0 amide bonds. The van der Waals surface area contributed by atoms with Gasteiger partial charge in [-0.05, 0) is 35.4 Å². The monoisotopic (exact) mass is 377 g/mol. The zero-order valence-corrected chi connectivity index (χ0v) is 15.1. The van der Waals surface area contributed by atoms with Gasteiger partial charge in [0.05, 0.1) is 21.4 Å². The summed E-state index contributed by atoms with van der Waals surface area (Å²) in [6, 6.07) is 15.7.